The molecule has 7 nitrogen and oxygen atoms in total. The van der Waals surface area contributed by atoms with E-state index < -0.39 is 0 Å². The average molecular weight is 365 g/mol. The molecule has 1 aliphatic carbocycles. The third-order valence-electron chi connectivity index (χ3n) is 4.86. The van der Waals surface area contributed by atoms with E-state index in [1.165, 1.54) is 12.8 Å². The average Bonchev–Trinajstić information content (AvgIpc) is 3.40. The van der Waals surface area contributed by atoms with Crippen LogP contribution in [-0.4, -0.2) is 25.9 Å². The minimum absolute atomic E-state index is 0.131. The van der Waals surface area contributed by atoms with Gasteiger partial charge in [0, 0.05) is 11.9 Å². The second kappa shape index (κ2) is 7.36. The Morgan fingerprint density at radius 2 is 2.11 bits per heavy atom. The molecular formula is C20H23N5O2. The Morgan fingerprint density at radius 3 is 2.81 bits per heavy atom. The minimum atomic E-state index is -0.340. The molecule has 2 amide bonds. The third-order valence-corrected chi connectivity index (χ3v) is 4.86. The molecule has 1 aliphatic rings. The number of pyridine rings is 1. The van der Waals surface area contributed by atoms with Gasteiger partial charge < -0.3 is 10.4 Å². The Balaban J connectivity index is 1.50. The lowest BCUT2D eigenvalue weighted by Crippen LogP contribution is -2.31. The number of amides is 2. The van der Waals surface area contributed by atoms with E-state index >= 15 is 0 Å². The maximum atomic E-state index is 12.3. The molecule has 2 heterocycles. The highest BCUT2D eigenvalue weighted by atomic mass is 16.3. The van der Waals surface area contributed by atoms with Crippen LogP contribution in [0.25, 0.3) is 10.9 Å². The fraction of sp³-hybridized carbons (Fsp3) is 0.350. The summed E-state index contributed by atoms with van der Waals surface area (Å²) in [5.41, 5.74) is 2.39. The SMILES string of the molecule is CC(NC(=O)Nc1cc2cnn(CC3CC3)c2c(CO)n1)c1ccccc1. The number of nitrogens with one attached hydrogen (secondary N) is 2. The number of urea groups is 1. The summed E-state index contributed by atoms with van der Waals surface area (Å²) in [5.74, 6) is 1.07. The first-order valence-corrected chi connectivity index (χ1v) is 9.23. The molecule has 27 heavy (non-hydrogen) atoms. The number of aliphatic hydroxyl groups is 1. The minimum Gasteiger partial charge on any atom is -0.390 e. The van der Waals surface area contributed by atoms with Crippen LogP contribution >= 0.6 is 0 Å². The molecule has 7 heteroatoms. The summed E-state index contributed by atoms with van der Waals surface area (Å²) >= 11 is 0. The van der Waals surface area contributed by atoms with E-state index in [1.54, 1.807) is 12.3 Å². The van der Waals surface area contributed by atoms with Gasteiger partial charge in [-0.1, -0.05) is 30.3 Å². The Morgan fingerprint density at radius 1 is 1.33 bits per heavy atom. The van der Waals surface area contributed by atoms with Crippen molar-refractivity contribution in [2.45, 2.75) is 39.0 Å². The fourth-order valence-corrected chi connectivity index (χ4v) is 3.23. The number of hydrogen-bond acceptors (Lipinski definition) is 4. The van der Waals surface area contributed by atoms with Crippen molar-refractivity contribution in [1.29, 1.82) is 0 Å². The van der Waals surface area contributed by atoms with Crippen molar-refractivity contribution in [2.75, 3.05) is 5.32 Å². The van der Waals surface area contributed by atoms with Crippen LogP contribution in [0.1, 0.15) is 37.1 Å². The molecule has 1 fully saturated rings. The highest BCUT2D eigenvalue weighted by Crippen LogP contribution is 2.32. The topological polar surface area (TPSA) is 92.1 Å². The van der Waals surface area contributed by atoms with Gasteiger partial charge in [-0.15, -0.1) is 0 Å². The molecule has 0 spiro atoms. The van der Waals surface area contributed by atoms with Gasteiger partial charge in [0.1, 0.15) is 5.82 Å². The number of benzene rings is 1. The van der Waals surface area contributed by atoms with Crippen LogP contribution in [-0.2, 0) is 13.2 Å². The number of aromatic nitrogens is 3. The molecule has 0 aliphatic heterocycles. The zero-order valence-electron chi connectivity index (χ0n) is 15.2. The number of fused-ring (bicyclic) bond motifs is 1. The van der Waals surface area contributed by atoms with Crippen molar-refractivity contribution in [2.24, 2.45) is 5.92 Å². The first-order chi connectivity index (χ1) is 13.1. The highest BCUT2D eigenvalue weighted by molar-refractivity contribution is 5.92. The molecule has 1 saturated carbocycles. The maximum absolute atomic E-state index is 12.3. The number of carbonyl (C=O) groups excluding carboxylic acids is 1. The number of anilines is 1. The highest BCUT2D eigenvalue weighted by Gasteiger charge is 2.24. The number of nitrogens with zero attached hydrogens (tertiary/aromatic N) is 3. The van der Waals surface area contributed by atoms with Gasteiger partial charge in [-0.3, -0.25) is 10.00 Å². The first-order valence-electron chi connectivity index (χ1n) is 9.23. The molecular weight excluding hydrogens is 342 g/mol. The fourth-order valence-electron chi connectivity index (χ4n) is 3.23. The summed E-state index contributed by atoms with van der Waals surface area (Å²) < 4.78 is 1.91. The van der Waals surface area contributed by atoms with E-state index in [2.05, 4.69) is 20.7 Å². The van der Waals surface area contributed by atoms with Gasteiger partial charge in [0.05, 0.1) is 30.1 Å². The van der Waals surface area contributed by atoms with Crippen LogP contribution in [0.4, 0.5) is 10.6 Å². The third kappa shape index (κ3) is 3.93. The molecule has 4 rings (SSSR count). The van der Waals surface area contributed by atoms with Gasteiger partial charge >= 0.3 is 6.03 Å². The molecule has 2 aromatic heterocycles. The monoisotopic (exact) mass is 365 g/mol. The quantitative estimate of drug-likeness (QED) is 0.625. The number of carbonyl (C=O) groups is 1. The lowest BCUT2D eigenvalue weighted by atomic mass is 10.1. The van der Waals surface area contributed by atoms with E-state index in [-0.39, 0.29) is 18.7 Å². The number of hydrogen-bond donors (Lipinski definition) is 3. The summed E-state index contributed by atoms with van der Waals surface area (Å²) in [6.07, 6.45) is 4.21. The normalized spacial score (nSPS) is 14.9. The Hall–Kier alpha value is -2.93. The van der Waals surface area contributed by atoms with Crippen LogP contribution in [0, 0.1) is 5.92 Å². The zero-order chi connectivity index (χ0) is 18.8. The van der Waals surface area contributed by atoms with Crippen LogP contribution in [0.3, 0.4) is 0 Å². The second-order valence-electron chi connectivity index (χ2n) is 7.05. The Kier molecular flexibility index (Phi) is 4.77. The smallest absolute Gasteiger partial charge is 0.320 e. The first kappa shape index (κ1) is 17.5. The Bertz CT molecular complexity index is 950. The van der Waals surface area contributed by atoms with Crippen molar-refractivity contribution in [3.8, 4) is 0 Å². The van der Waals surface area contributed by atoms with E-state index in [4.69, 9.17) is 0 Å². The Labute approximate surface area is 157 Å². The largest absolute Gasteiger partial charge is 0.390 e. The van der Waals surface area contributed by atoms with Gasteiger partial charge in [-0.2, -0.15) is 5.10 Å². The van der Waals surface area contributed by atoms with E-state index in [9.17, 15) is 9.90 Å². The molecule has 0 bridgehead atoms. The van der Waals surface area contributed by atoms with Crippen molar-refractivity contribution >= 4 is 22.8 Å². The molecule has 0 saturated heterocycles. The summed E-state index contributed by atoms with van der Waals surface area (Å²) in [5, 5.41) is 20.7. The van der Waals surface area contributed by atoms with Crippen LogP contribution in [0.2, 0.25) is 0 Å². The predicted molar refractivity (Wildman–Crippen MR) is 103 cm³/mol. The van der Waals surface area contributed by atoms with Crippen molar-refractivity contribution in [1.82, 2.24) is 20.1 Å². The number of aliphatic hydroxyl groups excluding tert-OH is 1. The number of rotatable bonds is 6. The summed E-state index contributed by atoms with van der Waals surface area (Å²) in [7, 11) is 0. The maximum Gasteiger partial charge on any atom is 0.320 e. The van der Waals surface area contributed by atoms with Crippen molar-refractivity contribution in [3.63, 3.8) is 0 Å². The van der Waals surface area contributed by atoms with Crippen LogP contribution in [0.5, 0.6) is 0 Å². The van der Waals surface area contributed by atoms with E-state index in [1.807, 2.05) is 41.9 Å². The molecule has 1 aromatic carbocycles. The predicted octanol–water partition coefficient (Wildman–Crippen LogP) is 3.22. The lowest BCUT2D eigenvalue weighted by molar-refractivity contribution is 0.249. The molecule has 140 valence electrons. The summed E-state index contributed by atoms with van der Waals surface area (Å²) in [6.45, 7) is 2.57. The standard InChI is InChI=1S/C20H23N5O2/c1-13(15-5-3-2-4-6-15)22-20(27)24-18-9-16-10-21-25(11-14-7-8-14)19(16)17(12-26)23-18/h2-6,9-10,13-14,26H,7-8,11-12H2,1H3,(H2,22,23,24,27). The lowest BCUT2D eigenvalue weighted by Gasteiger charge is -2.15. The van der Waals surface area contributed by atoms with Crippen LogP contribution in [0.15, 0.2) is 42.6 Å². The zero-order valence-corrected chi connectivity index (χ0v) is 15.2. The van der Waals surface area contributed by atoms with Crippen molar-refractivity contribution in [3.05, 3.63) is 53.9 Å². The molecule has 3 aromatic rings. The molecule has 3 N–H and O–H groups in total. The molecule has 0 radical (unpaired) electrons. The summed E-state index contributed by atoms with van der Waals surface area (Å²) in [4.78, 5) is 16.8. The second-order valence-corrected chi connectivity index (χ2v) is 7.05. The summed E-state index contributed by atoms with van der Waals surface area (Å²) in [6, 6.07) is 11.1. The van der Waals surface area contributed by atoms with Gasteiger partial charge in [-0.25, -0.2) is 9.78 Å². The van der Waals surface area contributed by atoms with Gasteiger partial charge in [0.25, 0.3) is 0 Å². The van der Waals surface area contributed by atoms with Gasteiger partial charge in [-0.05, 0) is 37.3 Å². The molecule has 1 atom stereocenters. The van der Waals surface area contributed by atoms with Crippen molar-refractivity contribution < 1.29 is 9.90 Å². The van der Waals surface area contributed by atoms with Gasteiger partial charge in [0.15, 0.2) is 0 Å². The van der Waals surface area contributed by atoms with Crippen LogP contribution < -0.4 is 10.6 Å². The van der Waals surface area contributed by atoms with Gasteiger partial charge in [0.2, 0.25) is 0 Å². The van der Waals surface area contributed by atoms with E-state index in [0.29, 0.717) is 17.4 Å². The van der Waals surface area contributed by atoms with E-state index in [0.717, 1.165) is 23.0 Å². The molecule has 1 unspecified atom stereocenters.